The van der Waals surface area contributed by atoms with Gasteiger partial charge in [-0.25, -0.2) is 4.39 Å². The average Bonchev–Trinajstić information content (AvgIpc) is 2.26. The Balaban J connectivity index is 3.12. The smallest absolute Gasteiger partial charge is 0.368 e. The summed E-state index contributed by atoms with van der Waals surface area (Å²) in [7, 11) is 1.13. The summed E-state index contributed by atoms with van der Waals surface area (Å²) in [6, 6.07) is 1.48. The van der Waals surface area contributed by atoms with Crippen molar-refractivity contribution < 1.29 is 27.2 Å². The van der Waals surface area contributed by atoms with Gasteiger partial charge >= 0.3 is 6.18 Å². The summed E-state index contributed by atoms with van der Waals surface area (Å²) in [5, 5.41) is 0. The summed E-state index contributed by atoms with van der Waals surface area (Å²) >= 11 is 0. The summed E-state index contributed by atoms with van der Waals surface area (Å²) in [6.45, 7) is -0.519. The highest BCUT2D eigenvalue weighted by molar-refractivity contribution is 5.96. The van der Waals surface area contributed by atoms with Gasteiger partial charge < -0.3 is 10.6 Å². The molecule has 1 aromatic rings. The van der Waals surface area contributed by atoms with E-state index >= 15 is 0 Å². The average molecular weight is 278 g/mol. The first-order chi connectivity index (χ1) is 8.62. The second-order valence-electron chi connectivity index (χ2n) is 3.82. The van der Waals surface area contributed by atoms with E-state index in [-0.39, 0.29) is 0 Å². The number of primary amides is 1. The van der Waals surface area contributed by atoms with Crippen LogP contribution in [0.25, 0.3) is 0 Å². The molecule has 104 valence electrons. The highest BCUT2D eigenvalue weighted by Crippen LogP contribution is 2.30. The van der Waals surface area contributed by atoms with Crippen molar-refractivity contribution in [3.63, 3.8) is 0 Å². The van der Waals surface area contributed by atoms with Gasteiger partial charge in [-0.3, -0.25) is 9.59 Å². The number of nitrogens with two attached hydrogens (primary N) is 1. The molecule has 0 unspecified atom stereocenters. The Morgan fingerprint density at radius 2 is 1.89 bits per heavy atom. The van der Waals surface area contributed by atoms with Gasteiger partial charge in [0, 0.05) is 7.05 Å². The van der Waals surface area contributed by atoms with E-state index < -0.39 is 41.5 Å². The molecule has 0 aliphatic rings. The van der Waals surface area contributed by atoms with Crippen LogP contribution in [0.2, 0.25) is 0 Å². The number of amides is 2. The van der Waals surface area contributed by atoms with Gasteiger partial charge in [-0.15, -0.1) is 0 Å². The van der Waals surface area contributed by atoms with Gasteiger partial charge in [0.2, 0.25) is 5.91 Å². The van der Waals surface area contributed by atoms with E-state index in [0.717, 1.165) is 11.9 Å². The normalized spacial score (nSPS) is 11.2. The fraction of sp³-hybridized carbons (Fsp3) is 0.273. The van der Waals surface area contributed by atoms with Gasteiger partial charge in [-0.2, -0.15) is 13.2 Å². The molecular formula is C11H10F4N2O2. The number of benzene rings is 1. The van der Waals surface area contributed by atoms with Crippen LogP contribution in [0.15, 0.2) is 18.2 Å². The van der Waals surface area contributed by atoms with Crippen LogP contribution >= 0.6 is 0 Å². The molecule has 2 N–H and O–H groups in total. The highest BCUT2D eigenvalue weighted by Gasteiger charge is 2.32. The van der Waals surface area contributed by atoms with Crippen LogP contribution < -0.4 is 5.73 Å². The molecule has 0 aromatic heterocycles. The topological polar surface area (TPSA) is 63.4 Å². The highest BCUT2D eigenvalue weighted by atomic mass is 19.4. The second kappa shape index (κ2) is 5.25. The lowest BCUT2D eigenvalue weighted by atomic mass is 10.1. The van der Waals surface area contributed by atoms with Crippen molar-refractivity contribution in [2.45, 2.75) is 6.18 Å². The minimum atomic E-state index is -4.69. The van der Waals surface area contributed by atoms with Crippen LogP contribution in [0.1, 0.15) is 15.9 Å². The Bertz CT molecular complexity index is 514. The van der Waals surface area contributed by atoms with Gasteiger partial charge in [-0.05, 0) is 18.2 Å². The number of hydrogen-bond acceptors (Lipinski definition) is 2. The predicted molar refractivity (Wildman–Crippen MR) is 57.6 cm³/mol. The van der Waals surface area contributed by atoms with Crippen LogP contribution in [-0.4, -0.2) is 30.3 Å². The van der Waals surface area contributed by atoms with Crippen molar-refractivity contribution in [3.8, 4) is 0 Å². The van der Waals surface area contributed by atoms with Crippen molar-refractivity contribution >= 4 is 11.8 Å². The van der Waals surface area contributed by atoms with E-state index in [1.165, 1.54) is 0 Å². The van der Waals surface area contributed by atoms with Gasteiger partial charge in [0.25, 0.3) is 5.91 Å². The zero-order valence-electron chi connectivity index (χ0n) is 9.79. The van der Waals surface area contributed by atoms with Crippen molar-refractivity contribution in [3.05, 3.63) is 35.1 Å². The molecule has 0 radical (unpaired) electrons. The second-order valence-corrected chi connectivity index (χ2v) is 3.82. The number of nitrogens with zero attached hydrogens (tertiary/aromatic N) is 1. The molecule has 0 spiro atoms. The number of carbonyl (C=O) groups excluding carboxylic acids is 2. The number of hydrogen-bond donors (Lipinski definition) is 1. The van der Waals surface area contributed by atoms with E-state index in [1.54, 1.807) is 0 Å². The van der Waals surface area contributed by atoms with Gasteiger partial charge in [0.15, 0.2) is 0 Å². The SMILES string of the molecule is CN(CC(N)=O)C(=O)c1cc(C(F)(F)F)ccc1F. The quantitative estimate of drug-likeness (QED) is 0.849. The molecular weight excluding hydrogens is 268 g/mol. The van der Waals surface area contributed by atoms with Gasteiger partial charge in [0.05, 0.1) is 17.7 Å². The largest absolute Gasteiger partial charge is 0.416 e. The lowest BCUT2D eigenvalue weighted by Crippen LogP contribution is -2.35. The number of carbonyl (C=O) groups is 2. The Kier molecular flexibility index (Phi) is 4.13. The number of likely N-dealkylation sites (N-methyl/N-ethyl adjacent to an activating group) is 1. The molecule has 2 amide bonds. The van der Waals surface area contributed by atoms with Crippen molar-refractivity contribution in [1.82, 2.24) is 4.90 Å². The molecule has 4 nitrogen and oxygen atoms in total. The molecule has 0 atom stereocenters. The zero-order valence-corrected chi connectivity index (χ0v) is 9.79. The van der Waals surface area contributed by atoms with E-state index in [0.29, 0.717) is 18.2 Å². The van der Waals surface area contributed by atoms with Crippen molar-refractivity contribution in [2.24, 2.45) is 5.73 Å². The zero-order chi connectivity index (χ0) is 14.8. The van der Waals surface area contributed by atoms with E-state index in [1.807, 2.05) is 0 Å². The molecule has 1 rings (SSSR count). The molecule has 1 aromatic carbocycles. The third-order valence-electron chi connectivity index (χ3n) is 2.26. The molecule has 0 saturated carbocycles. The maximum Gasteiger partial charge on any atom is 0.416 e. The third kappa shape index (κ3) is 3.67. The Morgan fingerprint density at radius 3 is 2.37 bits per heavy atom. The van der Waals surface area contributed by atoms with Crippen molar-refractivity contribution in [1.29, 1.82) is 0 Å². The predicted octanol–water partition coefficient (Wildman–Crippen LogP) is 1.40. The van der Waals surface area contributed by atoms with Gasteiger partial charge in [-0.1, -0.05) is 0 Å². The molecule has 0 aliphatic heterocycles. The van der Waals surface area contributed by atoms with Crippen LogP contribution in [-0.2, 0) is 11.0 Å². The lowest BCUT2D eigenvalue weighted by Gasteiger charge is -2.16. The summed E-state index contributed by atoms with van der Waals surface area (Å²) in [6.07, 6.45) is -4.69. The van der Waals surface area contributed by atoms with E-state index in [4.69, 9.17) is 5.73 Å². The first kappa shape index (κ1) is 14.9. The minimum absolute atomic E-state index is 0.398. The molecule has 0 aliphatic carbocycles. The van der Waals surface area contributed by atoms with Crippen molar-refractivity contribution in [2.75, 3.05) is 13.6 Å². The van der Waals surface area contributed by atoms with Crippen LogP contribution in [0.5, 0.6) is 0 Å². The molecule has 0 fully saturated rings. The number of halogens is 4. The first-order valence-corrected chi connectivity index (χ1v) is 5.03. The Labute approximate surface area is 105 Å². The summed E-state index contributed by atoms with van der Waals surface area (Å²) in [5.74, 6) is -3.01. The minimum Gasteiger partial charge on any atom is -0.368 e. The lowest BCUT2D eigenvalue weighted by molar-refractivity contribution is -0.137. The van der Waals surface area contributed by atoms with Gasteiger partial charge in [0.1, 0.15) is 5.82 Å². The van der Waals surface area contributed by atoms with E-state index in [9.17, 15) is 27.2 Å². The number of rotatable bonds is 3. The maximum absolute atomic E-state index is 13.4. The molecule has 19 heavy (non-hydrogen) atoms. The van der Waals surface area contributed by atoms with Crippen LogP contribution in [0, 0.1) is 5.82 Å². The maximum atomic E-state index is 13.4. The first-order valence-electron chi connectivity index (χ1n) is 5.03. The number of alkyl halides is 3. The van der Waals surface area contributed by atoms with E-state index in [2.05, 4.69) is 0 Å². The Morgan fingerprint density at radius 1 is 1.32 bits per heavy atom. The molecule has 8 heteroatoms. The van der Waals surface area contributed by atoms with Crippen LogP contribution in [0.4, 0.5) is 17.6 Å². The van der Waals surface area contributed by atoms with Crippen LogP contribution in [0.3, 0.4) is 0 Å². The summed E-state index contributed by atoms with van der Waals surface area (Å²) in [5.41, 5.74) is 2.93. The third-order valence-corrected chi connectivity index (χ3v) is 2.26. The standard InChI is InChI=1S/C11H10F4N2O2/c1-17(5-9(16)18)10(19)7-4-6(11(13,14)15)2-3-8(7)12/h2-4H,5H2,1H3,(H2,16,18). The monoisotopic (exact) mass is 278 g/mol. The fourth-order valence-corrected chi connectivity index (χ4v) is 1.38. The Hall–Kier alpha value is -2.12. The molecule has 0 saturated heterocycles. The molecule has 0 heterocycles. The summed E-state index contributed by atoms with van der Waals surface area (Å²) < 4.78 is 50.7. The summed E-state index contributed by atoms with van der Waals surface area (Å²) in [4.78, 5) is 23.0. The fourth-order valence-electron chi connectivity index (χ4n) is 1.38. The molecule has 0 bridgehead atoms.